The highest BCUT2D eigenvalue weighted by Crippen LogP contribution is 2.25. The maximum absolute atomic E-state index is 5.66. The summed E-state index contributed by atoms with van der Waals surface area (Å²) in [6.07, 6.45) is 1.10. The lowest BCUT2D eigenvalue weighted by Gasteiger charge is -2.37. The summed E-state index contributed by atoms with van der Waals surface area (Å²) in [5, 5.41) is 0. The Bertz CT molecular complexity index is 199. The molecule has 15 heavy (non-hydrogen) atoms. The zero-order chi connectivity index (χ0) is 11.5. The van der Waals surface area contributed by atoms with Crippen LogP contribution >= 0.6 is 0 Å². The first kappa shape index (κ1) is 13.0. The number of likely N-dealkylation sites (N-methyl/N-ethyl adjacent to an activating group) is 1. The van der Waals surface area contributed by atoms with Crippen molar-refractivity contribution in [1.82, 2.24) is 4.90 Å². The van der Waals surface area contributed by atoms with Crippen LogP contribution < -0.4 is 0 Å². The van der Waals surface area contributed by atoms with Crippen molar-refractivity contribution in [2.24, 2.45) is 0 Å². The zero-order valence-electron chi connectivity index (χ0n) is 10.4. The van der Waals surface area contributed by atoms with E-state index in [4.69, 9.17) is 14.0 Å². The monoisotopic (exact) mass is 215 g/mol. The summed E-state index contributed by atoms with van der Waals surface area (Å²) in [5.74, 6) is 0. The van der Waals surface area contributed by atoms with Crippen molar-refractivity contribution in [2.45, 2.75) is 38.9 Å². The van der Waals surface area contributed by atoms with Gasteiger partial charge in [-0.15, -0.1) is 0 Å². The number of rotatable bonds is 4. The third-order valence-electron chi connectivity index (χ3n) is 2.33. The van der Waals surface area contributed by atoms with Crippen molar-refractivity contribution < 1.29 is 14.0 Å². The lowest BCUT2D eigenvalue weighted by Crippen LogP contribution is -2.47. The quantitative estimate of drug-likeness (QED) is 0.658. The van der Waals surface area contributed by atoms with E-state index in [1.54, 1.807) is 0 Å². The Morgan fingerprint density at radius 3 is 2.67 bits per heavy atom. The number of hydrogen-bond donors (Lipinski definition) is 0. The predicted molar refractivity (Wildman–Crippen MR) is 60.6 cm³/mol. The lowest BCUT2D eigenvalue weighted by atomic mass is 9.95. The maximum atomic E-state index is 5.66. The molecule has 0 aromatic heterocycles. The molecule has 0 amide bonds. The van der Waals surface area contributed by atoms with Gasteiger partial charge in [-0.25, -0.2) is 0 Å². The highest BCUT2D eigenvalue weighted by atomic mass is 16.7. The molecule has 0 aromatic carbocycles. The third kappa shape index (κ3) is 4.97. The minimum atomic E-state index is -0.510. The predicted octanol–water partition coefficient (Wildman–Crippen LogP) is 1.15. The molecular weight excluding hydrogens is 193 g/mol. The SMILES string of the molecule is CC1CC(C)(C)OB(OCCN(C)C)O1. The van der Waals surface area contributed by atoms with Crippen LogP contribution in [0.2, 0.25) is 0 Å². The number of nitrogens with zero attached hydrogens (tertiary/aromatic N) is 1. The summed E-state index contributed by atoms with van der Waals surface area (Å²) in [4.78, 5) is 2.07. The van der Waals surface area contributed by atoms with E-state index in [1.807, 2.05) is 21.0 Å². The molecule has 1 aliphatic rings. The molecule has 0 aromatic rings. The van der Waals surface area contributed by atoms with E-state index in [-0.39, 0.29) is 11.7 Å². The molecule has 0 saturated carbocycles. The normalized spacial score (nSPS) is 26.0. The lowest BCUT2D eigenvalue weighted by molar-refractivity contribution is -0.0695. The molecule has 0 bridgehead atoms. The zero-order valence-corrected chi connectivity index (χ0v) is 10.4. The average Bonchev–Trinajstić information content (AvgIpc) is 1.98. The average molecular weight is 215 g/mol. The van der Waals surface area contributed by atoms with E-state index in [9.17, 15) is 0 Å². The van der Waals surface area contributed by atoms with E-state index in [1.165, 1.54) is 0 Å². The van der Waals surface area contributed by atoms with Crippen molar-refractivity contribution in [3.05, 3.63) is 0 Å². The molecule has 0 spiro atoms. The van der Waals surface area contributed by atoms with Gasteiger partial charge in [0.25, 0.3) is 0 Å². The summed E-state index contributed by atoms with van der Waals surface area (Å²) in [5.41, 5.74) is -0.152. The molecule has 0 aliphatic carbocycles. The van der Waals surface area contributed by atoms with E-state index in [0.29, 0.717) is 6.61 Å². The summed E-state index contributed by atoms with van der Waals surface area (Å²) >= 11 is 0. The van der Waals surface area contributed by atoms with Gasteiger partial charge in [0.05, 0.1) is 5.60 Å². The molecule has 0 N–H and O–H groups in total. The standard InChI is InChI=1S/C10H22BNO3/c1-9-8-10(2,3)15-11(14-9)13-7-6-12(4)5/h9H,6-8H2,1-5H3. The van der Waals surface area contributed by atoms with Crippen LogP contribution in [0, 0.1) is 0 Å². The highest BCUT2D eigenvalue weighted by molar-refractivity contribution is 6.36. The van der Waals surface area contributed by atoms with Gasteiger partial charge in [-0.2, -0.15) is 0 Å². The van der Waals surface area contributed by atoms with Crippen LogP contribution in [0.15, 0.2) is 0 Å². The second-order valence-corrected chi connectivity index (χ2v) is 4.99. The molecule has 1 aliphatic heterocycles. The van der Waals surface area contributed by atoms with Gasteiger partial charge in [0.1, 0.15) is 0 Å². The van der Waals surface area contributed by atoms with Crippen LogP contribution in [0.3, 0.4) is 0 Å². The van der Waals surface area contributed by atoms with Crippen LogP contribution in [0.25, 0.3) is 0 Å². The second-order valence-electron chi connectivity index (χ2n) is 4.99. The van der Waals surface area contributed by atoms with E-state index < -0.39 is 7.32 Å². The van der Waals surface area contributed by atoms with Gasteiger partial charge in [0.2, 0.25) is 0 Å². The van der Waals surface area contributed by atoms with Crippen LogP contribution in [0.1, 0.15) is 27.2 Å². The summed E-state index contributed by atoms with van der Waals surface area (Å²) in [7, 11) is 3.51. The van der Waals surface area contributed by atoms with Crippen LogP contribution in [0.5, 0.6) is 0 Å². The molecule has 1 saturated heterocycles. The van der Waals surface area contributed by atoms with Crippen LogP contribution in [-0.2, 0) is 14.0 Å². The second kappa shape index (κ2) is 5.30. The Morgan fingerprint density at radius 2 is 2.13 bits per heavy atom. The minimum Gasteiger partial charge on any atom is -0.385 e. The van der Waals surface area contributed by atoms with Gasteiger partial charge < -0.3 is 18.9 Å². The summed E-state index contributed by atoms with van der Waals surface area (Å²) < 4.78 is 16.7. The van der Waals surface area contributed by atoms with Crippen LogP contribution in [0.4, 0.5) is 0 Å². The van der Waals surface area contributed by atoms with Crippen molar-refractivity contribution in [2.75, 3.05) is 27.2 Å². The topological polar surface area (TPSA) is 30.9 Å². The molecule has 1 rings (SSSR count). The van der Waals surface area contributed by atoms with E-state index in [2.05, 4.69) is 18.7 Å². The van der Waals surface area contributed by atoms with Gasteiger partial charge in [-0.3, -0.25) is 0 Å². The molecule has 1 unspecified atom stereocenters. The van der Waals surface area contributed by atoms with E-state index in [0.717, 1.165) is 13.0 Å². The molecule has 0 radical (unpaired) electrons. The summed E-state index contributed by atoms with van der Waals surface area (Å²) in [6.45, 7) is 7.67. The highest BCUT2D eigenvalue weighted by Gasteiger charge is 2.38. The Morgan fingerprint density at radius 1 is 1.47 bits per heavy atom. The largest absolute Gasteiger partial charge is 0.640 e. The summed E-state index contributed by atoms with van der Waals surface area (Å²) in [6, 6.07) is 0. The van der Waals surface area contributed by atoms with Gasteiger partial charge in [-0.05, 0) is 41.3 Å². The molecule has 1 atom stereocenters. The third-order valence-corrected chi connectivity index (χ3v) is 2.33. The van der Waals surface area contributed by atoms with Crippen molar-refractivity contribution in [1.29, 1.82) is 0 Å². The van der Waals surface area contributed by atoms with Gasteiger partial charge in [0.15, 0.2) is 0 Å². The molecule has 1 fully saturated rings. The van der Waals surface area contributed by atoms with Crippen molar-refractivity contribution in [3.8, 4) is 0 Å². The molecule has 1 heterocycles. The fourth-order valence-corrected chi connectivity index (χ4v) is 1.67. The Hall–Kier alpha value is -0.0951. The smallest absolute Gasteiger partial charge is 0.385 e. The first-order chi connectivity index (χ1) is 6.89. The van der Waals surface area contributed by atoms with Crippen molar-refractivity contribution in [3.63, 3.8) is 0 Å². The Kier molecular flexibility index (Phi) is 4.58. The van der Waals surface area contributed by atoms with Gasteiger partial charge in [-0.1, -0.05) is 0 Å². The molecule has 4 nitrogen and oxygen atoms in total. The fourth-order valence-electron chi connectivity index (χ4n) is 1.67. The Labute approximate surface area is 93.0 Å². The fraction of sp³-hybridized carbons (Fsp3) is 1.00. The van der Waals surface area contributed by atoms with Gasteiger partial charge >= 0.3 is 7.32 Å². The van der Waals surface area contributed by atoms with E-state index >= 15 is 0 Å². The maximum Gasteiger partial charge on any atom is 0.640 e. The van der Waals surface area contributed by atoms with Gasteiger partial charge in [0, 0.05) is 19.3 Å². The molecule has 5 heteroatoms. The molecular formula is C10H22BNO3. The first-order valence-corrected chi connectivity index (χ1v) is 5.49. The minimum absolute atomic E-state index is 0.152. The van der Waals surface area contributed by atoms with Crippen molar-refractivity contribution >= 4 is 7.32 Å². The Balaban J connectivity index is 2.29. The first-order valence-electron chi connectivity index (χ1n) is 5.49. The van der Waals surface area contributed by atoms with Crippen LogP contribution in [-0.4, -0.2) is 51.2 Å². The molecule has 88 valence electrons. The number of hydrogen-bond acceptors (Lipinski definition) is 4.